The van der Waals surface area contributed by atoms with E-state index >= 15 is 0 Å². The van der Waals surface area contributed by atoms with Gasteiger partial charge in [-0.25, -0.2) is 4.79 Å². The van der Waals surface area contributed by atoms with Gasteiger partial charge in [-0.3, -0.25) is 0 Å². The van der Waals surface area contributed by atoms with E-state index in [1.165, 1.54) is 64.2 Å². The number of benzene rings is 2. The quantitative estimate of drug-likeness (QED) is 0.102. The summed E-state index contributed by atoms with van der Waals surface area (Å²) in [5, 5.41) is 0. The molecule has 0 amide bonds. The summed E-state index contributed by atoms with van der Waals surface area (Å²) in [5.74, 6) is -0.239. The fraction of sp³-hybridized carbons (Fsp3) is 0.545. The maximum atomic E-state index is 12.4. The topological polar surface area (TPSA) is 44.8 Å². The highest BCUT2D eigenvalue weighted by atomic mass is 16.5. The second-order valence-corrected chi connectivity index (χ2v) is 9.87. The summed E-state index contributed by atoms with van der Waals surface area (Å²) in [6.07, 6.45) is 19.7. The highest BCUT2D eigenvalue weighted by Crippen LogP contribution is 2.17. The summed E-state index contributed by atoms with van der Waals surface area (Å²) >= 11 is 0. The third-order valence-electron chi connectivity index (χ3n) is 6.68. The van der Waals surface area contributed by atoms with Gasteiger partial charge in [-0.2, -0.15) is 0 Å². The van der Waals surface area contributed by atoms with Gasteiger partial charge in [-0.05, 0) is 46.9 Å². The van der Waals surface area contributed by atoms with Gasteiger partial charge < -0.3 is 14.2 Å². The standard InChI is InChI=1S/C33H48O4/c1-4-5-6-7-8-9-10-11-12-13-14-15-24-37-33(34)30-21-18-28(19-22-30)16-17-29-20-23-31(26-35-2)32(25-29)27-36-3/h16-23,25H,4-15,24,26-27H2,1-3H3/b17-16+. The van der Waals surface area contributed by atoms with Crippen molar-refractivity contribution in [2.75, 3.05) is 20.8 Å². The van der Waals surface area contributed by atoms with Crippen molar-refractivity contribution in [2.45, 2.75) is 97.2 Å². The molecule has 37 heavy (non-hydrogen) atoms. The molecule has 204 valence electrons. The molecule has 0 radical (unpaired) electrons. The van der Waals surface area contributed by atoms with Crippen LogP contribution in [0.15, 0.2) is 42.5 Å². The van der Waals surface area contributed by atoms with Gasteiger partial charge in [-0.1, -0.05) is 114 Å². The number of carbonyl (C=O) groups excluding carboxylic acids is 1. The molecule has 4 nitrogen and oxygen atoms in total. The van der Waals surface area contributed by atoms with E-state index in [4.69, 9.17) is 14.2 Å². The zero-order valence-corrected chi connectivity index (χ0v) is 23.4. The lowest BCUT2D eigenvalue weighted by atomic mass is 10.0. The molecule has 0 aromatic heterocycles. The maximum Gasteiger partial charge on any atom is 0.338 e. The summed E-state index contributed by atoms with van der Waals surface area (Å²) in [5.41, 5.74) is 4.98. The smallest absolute Gasteiger partial charge is 0.338 e. The van der Waals surface area contributed by atoms with E-state index < -0.39 is 0 Å². The van der Waals surface area contributed by atoms with E-state index in [1.54, 1.807) is 14.2 Å². The molecule has 2 aromatic rings. The van der Waals surface area contributed by atoms with Crippen molar-refractivity contribution in [1.82, 2.24) is 0 Å². The fourth-order valence-corrected chi connectivity index (χ4v) is 4.45. The number of hydrogen-bond acceptors (Lipinski definition) is 4. The highest BCUT2D eigenvalue weighted by molar-refractivity contribution is 5.89. The van der Waals surface area contributed by atoms with E-state index in [9.17, 15) is 4.79 Å². The van der Waals surface area contributed by atoms with E-state index in [-0.39, 0.29) is 5.97 Å². The van der Waals surface area contributed by atoms with Gasteiger partial charge in [0.1, 0.15) is 0 Å². The summed E-state index contributed by atoms with van der Waals surface area (Å²) in [6.45, 7) is 3.89. The molecule has 0 saturated carbocycles. The van der Waals surface area contributed by atoms with Crippen LogP contribution in [0.2, 0.25) is 0 Å². The lowest BCUT2D eigenvalue weighted by molar-refractivity contribution is 0.0497. The molecule has 0 aliphatic heterocycles. The Labute approximate surface area is 225 Å². The summed E-state index contributed by atoms with van der Waals surface area (Å²) in [7, 11) is 3.40. The second-order valence-electron chi connectivity index (χ2n) is 9.87. The van der Waals surface area contributed by atoms with Gasteiger partial charge in [-0.15, -0.1) is 0 Å². The number of hydrogen-bond donors (Lipinski definition) is 0. The molecule has 2 aromatic carbocycles. The first-order valence-corrected chi connectivity index (χ1v) is 14.2. The van der Waals surface area contributed by atoms with Crippen molar-refractivity contribution in [2.24, 2.45) is 0 Å². The third-order valence-corrected chi connectivity index (χ3v) is 6.68. The Kier molecular flexibility index (Phi) is 16.4. The normalized spacial score (nSPS) is 11.3. The third kappa shape index (κ3) is 13.1. The van der Waals surface area contributed by atoms with Gasteiger partial charge in [0.05, 0.1) is 25.4 Å². The minimum atomic E-state index is -0.239. The highest BCUT2D eigenvalue weighted by Gasteiger charge is 2.07. The van der Waals surface area contributed by atoms with Crippen LogP contribution in [0.5, 0.6) is 0 Å². The average Bonchev–Trinajstić information content (AvgIpc) is 2.92. The number of rotatable bonds is 20. The van der Waals surface area contributed by atoms with Crippen LogP contribution in [0, 0.1) is 0 Å². The van der Waals surface area contributed by atoms with E-state index in [1.807, 2.05) is 30.3 Å². The van der Waals surface area contributed by atoms with Crippen molar-refractivity contribution in [3.63, 3.8) is 0 Å². The van der Waals surface area contributed by atoms with Crippen molar-refractivity contribution in [1.29, 1.82) is 0 Å². The van der Waals surface area contributed by atoms with Crippen LogP contribution in [0.4, 0.5) is 0 Å². The summed E-state index contributed by atoms with van der Waals surface area (Å²) in [6, 6.07) is 13.8. The minimum Gasteiger partial charge on any atom is -0.462 e. The van der Waals surface area contributed by atoms with E-state index in [0.717, 1.165) is 35.1 Å². The van der Waals surface area contributed by atoms with Gasteiger partial charge >= 0.3 is 5.97 Å². The molecule has 4 heteroatoms. The Balaban J connectivity index is 1.64. The monoisotopic (exact) mass is 508 g/mol. The fourth-order valence-electron chi connectivity index (χ4n) is 4.45. The van der Waals surface area contributed by atoms with Crippen molar-refractivity contribution in [3.05, 3.63) is 70.3 Å². The van der Waals surface area contributed by atoms with Gasteiger partial charge in [0.25, 0.3) is 0 Å². The van der Waals surface area contributed by atoms with Crippen LogP contribution in [0.1, 0.15) is 117 Å². The molecular formula is C33H48O4. The Morgan fingerprint density at radius 1 is 0.649 bits per heavy atom. The zero-order valence-electron chi connectivity index (χ0n) is 23.4. The molecule has 0 spiro atoms. The van der Waals surface area contributed by atoms with E-state index in [2.05, 4.69) is 31.2 Å². The summed E-state index contributed by atoms with van der Waals surface area (Å²) in [4.78, 5) is 12.4. The Bertz CT molecular complexity index is 901. The van der Waals surface area contributed by atoms with Gasteiger partial charge in [0.2, 0.25) is 0 Å². The first-order chi connectivity index (χ1) is 18.2. The van der Waals surface area contributed by atoms with Crippen molar-refractivity contribution in [3.8, 4) is 0 Å². The van der Waals surface area contributed by atoms with Crippen LogP contribution in [-0.2, 0) is 27.4 Å². The Morgan fingerprint density at radius 3 is 1.76 bits per heavy atom. The van der Waals surface area contributed by atoms with E-state index in [0.29, 0.717) is 25.4 Å². The molecular weight excluding hydrogens is 460 g/mol. The van der Waals surface area contributed by atoms with Gasteiger partial charge in [0, 0.05) is 14.2 Å². The lowest BCUT2D eigenvalue weighted by Gasteiger charge is -2.09. The second kappa shape index (κ2) is 19.7. The first-order valence-electron chi connectivity index (χ1n) is 14.2. The maximum absolute atomic E-state index is 12.4. The van der Waals surface area contributed by atoms with Crippen LogP contribution < -0.4 is 0 Å². The van der Waals surface area contributed by atoms with Crippen LogP contribution in [-0.4, -0.2) is 26.8 Å². The Hall–Kier alpha value is -2.43. The van der Waals surface area contributed by atoms with Crippen molar-refractivity contribution >= 4 is 18.1 Å². The largest absolute Gasteiger partial charge is 0.462 e. The van der Waals surface area contributed by atoms with Crippen LogP contribution in [0.25, 0.3) is 12.2 Å². The number of carbonyl (C=O) groups is 1. The molecule has 0 bridgehead atoms. The molecule has 0 aliphatic carbocycles. The predicted molar refractivity (Wildman–Crippen MR) is 155 cm³/mol. The molecule has 0 heterocycles. The SMILES string of the molecule is CCCCCCCCCCCCCCOC(=O)c1ccc(/C=C/c2ccc(COC)c(COC)c2)cc1. The number of esters is 1. The summed E-state index contributed by atoms with van der Waals surface area (Å²) < 4.78 is 16.1. The molecule has 0 saturated heterocycles. The molecule has 0 unspecified atom stereocenters. The van der Waals surface area contributed by atoms with Crippen LogP contribution in [0.3, 0.4) is 0 Å². The van der Waals surface area contributed by atoms with Crippen LogP contribution >= 0.6 is 0 Å². The molecule has 0 N–H and O–H groups in total. The number of methoxy groups -OCH3 is 2. The molecule has 2 rings (SSSR count). The zero-order chi connectivity index (χ0) is 26.6. The van der Waals surface area contributed by atoms with Gasteiger partial charge in [0.15, 0.2) is 0 Å². The molecule has 0 fully saturated rings. The molecule has 0 atom stereocenters. The lowest BCUT2D eigenvalue weighted by Crippen LogP contribution is -2.06. The predicted octanol–water partition coefficient (Wildman–Crippen LogP) is 9.01. The number of unbranched alkanes of at least 4 members (excludes halogenated alkanes) is 11. The van der Waals surface area contributed by atoms with Crippen molar-refractivity contribution < 1.29 is 19.0 Å². The average molecular weight is 509 g/mol. The number of ether oxygens (including phenoxy) is 3. The first kappa shape index (κ1) is 30.8. The minimum absolute atomic E-state index is 0.239. The molecule has 0 aliphatic rings. The Morgan fingerprint density at radius 2 is 1.16 bits per heavy atom.